The van der Waals surface area contributed by atoms with Crippen LogP contribution in [0, 0.1) is 28.4 Å². The van der Waals surface area contributed by atoms with Gasteiger partial charge in [0.25, 0.3) is 5.69 Å². The Bertz CT molecular complexity index is 424. The Morgan fingerprint density at radius 3 is 2.79 bits per heavy atom. The third-order valence-electron chi connectivity index (χ3n) is 1.96. The molecule has 0 saturated heterocycles. The van der Waals surface area contributed by atoms with E-state index < -0.39 is 4.92 Å². The first-order chi connectivity index (χ1) is 6.57. The molecule has 1 aromatic rings. The van der Waals surface area contributed by atoms with Crippen molar-refractivity contribution >= 4 is 17.3 Å². The van der Waals surface area contributed by atoms with Crippen LogP contribution in [0.4, 0.5) is 5.69 Å². The number of nitrogens with zero attached hydrogens (tertiary/aromatic N) is 2. The standard InChI is InChI=1S/C9H7ClN2O2/c1-6-7(4-5-11)9(12(13)14)3-2-8(6)10/h2-3H,4H2,1H3. The third-order valence-corrected chi connectivity index (χ3v) is 2.37. The fourth-order valence-electron chi connectivity index (χ4n) is 1.19. The second-order valence-corrected chi connectivity index (χ2v) is 3.17. The maximum Gasteiger partial charge on any atom is 0.274 e. The van der Waals surface area contributed by atoms with Crippen LogP contribution in [0.15, 0.2) is 12.1 Å². The van der Waals surface area contributed by atoms with E-state index in [9.17, 15) is 10.1 Å². The van der Waals surface area contributed by atoms with Gasteiger partial charge in [0, 0.05) is 16.7 Å². The van der Waals surface area contributed by atoms with E-state index in [4.69, 9.17) is 16.9 Å². The fraction of sp³-hybridized carbons (Fsp3) is 0.222. The Labute approximate surface area is 85.9 Å². The van der Waals surface area contributed by atoms with Crippen molar-refractivity contribution in [1.82, 2.24) is 0 Å². The van der Waals surface area contributed by atoms with Gasteiger partial charge >= 0.3 is 0 Å². The quantitative estimate of drug-likeness (QED) is 0.557. The van der Waals surface area contributed by atoms with E-state index in [1.807, 2.05) is 6.07 Å². The summed E-state index contributed by atoms with van der Waals surface area (Å²) in [6.45, 7) is 1.67. The highest BCUT2D eigenvalue weighted by atomic mass is 35.5. The number of hydrogen-bond acceptors (Lipinski definition) is 3. The molecule has 0 amide bonds. The van der Waals surface area contributed by atoms with Crippen LogP contribution in [0.1, 0.15) is 11.1 Å². The lowest BCUT2D eigenvalue weighted by Gasteiger charge is -2.04. The molecule has 0 aromatic heterocycles. The van der Waals surface area contributed by atoms with Gasteiger partial charge in [0.1, 0.15) is 0 Å². The van der Waals surface area contributed by atoms with Gasteiger partial charge in [0.2, 0.25) is 0 Å². The summed E-state index contributed by atoms with van der Waals surface area (Å²) in [7, 11) is 0. The van der Waals surface area contributed by atoms with Crippen LogP contribution in [0.3, 0.4) is 0 Å². The van der Waals surface area contributed by atoms with E-state index in [-0.39, 0.29) is 12.1 Å². The van der Waals surface area contributed by atoms with Gasteiger partial charge in [-0.2, -0.15) is 5.26 Å². The maximum absolute atomic E-state index is 10.6. The summed E-state index contributed by atoms with van der Waals surface area (Å²) >= 11 is 5.79. The highest BCUT2D eigenvalue weighted by Gasteiger charge is 2.16. The molecule has 0 aliphatic rings. The molecule has 4 nitrogen and oxygen atoms in total. The van der Waals surface area contributed by atoms with Crippen LogP contribution in [-0.2, 0) is 6.42 Å². The van der Waals surface area contributed by atoms with Crippen LogP contribution in [-0.4, -0.2) is 4.92 Å². The predicted molar refractivity (Wildman–Crippen MR) is 52.2 cm³/mol. The van der Waals surface area contributed by atoms with E-state index in [2.05, 4.69) is 0 Å². The molecule has 1 rings (SSSR count). The summed E-state index contributed by atoms with van der Waals surface area (Å²) in [6.07, 6.45) is 0.00269. The SMILES string of the molecule is Cc1c(Cl)ccc([N+](=O)[O-])c1CC#N. The van der Waals surface area contributed by atoms with Crippen LogP contribution in [0.5, 0.6) is 0 Å². The molecule has 0 heterocycles. The number of nitro benzene ring substituents is 1. The minimum atomic E-state index is -0.504. The largest absolute Gasteiger partial charge is 0.274 e. The zero-order valence-corrected chi connectivity index (χ0v) is 8.21. The monoisotopic (exact) mass is 210 g/mol. The van der Waals surface area contributed by atoms with Gasteiger partial charge in [0.05, 0.1) is 17.4 Å². The number of rotatable bonds is 2. The van der Waals surface area contributed by atoms with E-state index in [0.29, 0.717) is 16.1 Å². The van der Waals surface area contributed by atoms with Crippen LogP contribution < -0.4 is 0 Å². The summed E-state index contributed by atoms with van der Waals surface area (Å²) in [6, 6.07) is 4.67. The Hall–Kier alpha value is -1.60. The third kappa shape index (κ3) is 1.83. The van der Waals surface area contributed by atoms with Crippen molar-refractivity contribution in [2.24, 2.45) is 0 Å². The van der Waals surface area contributed by atoms with E-state index in [1.165, 1.54) is 12.1 Å². The fourth-order valence-corrected chi connectivity index (χ4v) is 1.36. The van der Waals surface area contributed by atoms with Crippen LogP contribution >= 0.6 is 11.6 Å². The first kappa shape index (κ1) is 10.5. The van der Waals surface area contributed by atoms with Crippen molar-refractivity contribution in [2.75, 3.05) is 0 Å². The molecule has 0 N–H and O–H groups in total. The van der Waals surface area contributed by atoms with Gasteiger partial charge in [-0.15, -0.1) is 0 Å². The van der Waals surface area contributed by atoms with Crippen LogP contribution in [0.25, 0.3) is 0 Å². The number of nitriles is 1. The number of halogens is 1. The Morgan fingerprint density at radius 2 is 2.29 bits per heavy atom. The normalized spacial score (nSPS) is 9.50. The zero-order valence-electron chi connectivity index (χ0n) is 7.45. The molecule has 0 fully saturated rings. The lowest BCUT2D eigenvalue weighted by atomic mass is 10.0. The van der Waals surface area contributed by atoms with Crippen molar-refractivity contribution < 1.29 is 4.92 Å². The molecule has 0 aliphatic carbocycles. The first-order valence-electron chi connectivity index (χ1n) is 3.87. The highest BCUT2D eigenvalue weighted by Crippen LogP contribution is 2.28. The number of benzene rings is 1. The Morgan fingerprint density at radius 1 is 1.64 bits per heavy atom. The summed E-state index contributed by atoms with van der Waals surface area (Å²) in [4.78, 5) is 10.1. The Kier molecular flexibility index (Phi) is 3.05. The molecule has 72 valence electrons. The van der Waals surface area contributed by atoms with E-state index in [1.54, 1.807) is 6.92 Å². The summed E-state index contributed by atoms with van der Waals surface area (Å²) in [5, 5.41) is 19.6. The first-order valence-corrected chi connectivity index (χ1v) is 4.25. The lowest BCUT2D eigenvalue weighted by molar-refractivity contribution is -0.385. The minimum Gasteiger partial charge on any atom is -0.258 e. The van der Waals surface area contributed by atoms with Crippen molar-refractivity contribution in [1.29, 1.82) is 5.26 Å². The van der Waals surface area contributed by atoms with Crippen molar-refractivity contribution in [3.63, 3.8) is 0 Å². The minimum absolute atomic E-state index is 0.00269. The van der Waals surface area contributed by atoms with Gasteiger partial charge in [-0.05, 0) is 18.6 Å². The second-order valence-electron chi connectivity index (χ2n) is 2.76. The molecular formula is C9H7ClN2O2. The smallest absolute Gasteiger partial charge is 0.258 e. The molecule has 0 spiro atoms. The lowest BCUT2D eigenvalue weighted by Crippen LogP contribution is -1.97. The second kappa shape index (κ2) is 4.07. The van der Waals surface area contributed by atoms with Crippen LogP contribution in [0.2, 0.25) is 5.02 Å². The molecular weight excluding hydrogens is 204 g/mol. The molecule has 0 radical (unpaired) electrons. The van der Waals surface area contributed by atoms with Gasteiger partial charge < -0.3 is 0 Å². The van der Waals surface area contributed by atoms with Crippen molar-refractivity contribution in [3.05, 3.63) is 38.4 Å². The van der Waals surface area contributed by atoms with Gasteiger partial charge in [-0.1, -0.05) is 11.6 Å². The summed E-state index contributed by atoms with van der Waals surface area (Å²) < 4.78 is 0. The number of nitro groups is 1. The van der Waals surface area contributed by atoms with Crippen molar-refractivity contribution in [2.45, 2.75) is 13.3 Å². The molecule has 5 heteroatoms. The van der Waals surface area contributed by atoms with Gasteiger partial charge in [0.15, 0.2) is 0 Å². The molecule has 0 unspecified atom stereocenters. The van der Waals surface area contributed by atoms with Gasteiger partial charge in [-0.25, -0.2) is 0 Å². The molecule has 1 aromatic carbocycles. The molecule has 0 atom stereocenters. The van der Waals surface area contributed by atoms with Crippen molar-refractivity contribution in [3.8, 4) is 6.07 Å². The molecule has 0 saturated carbocycles. The average molecular weight is 211 g/mol. The molecule has 0 bridgehead atoms. The average Bonchev–Trinajstić information content (AvgIpc) is 2.13. The predicted octanol–water partition coefficient (Wildman–Crippen LogP) is 2.62. The van der Waals surface area contributed by atoms with E-state index in [0.717, 1.165) is 0 Å². The van der Waals surface area contributed by atoms with Gasteiger partial charge in [-0.3, -0.25) is 10.1 Å². The topological polar surface area (TPSA) is 66.9 Å². The summed E-state index contributed by atoms with van der Waals surface area (Å²) in [5.41, 5.74) is 0.945. The number of hydrogen-bond donors (Lipinski definition) is 0. The highest BCUT2D eigenvalue weighted by molar-refractivity contribution is 6.31. The van der Waals surface area contributed by atoms with E-state index >= 15 is 0 Å². The molecule has 0 aliphatic heterocycles. The summed E-state index contributed by atoms with van der Waals surface area (Å²) in [5.74, 6) is 0. The molecule has 14 heavy (non-hydrogen) atoms. The zero-order chi connectivity index (χ0) is 10.7. The maximum atomic E-state index is 10.6. The Balaban J connectivity index is 3.39.